The number of aliphatic hydroxyl groups is 1. The number of nitrogens with zero attached hydrogens (tertiary/aromatic N) is 3. The Morgan fingerprint density at radius 2 is 2.00 bits per heavy atom. The summed E-state index contributed by atoms with van der Waals surface area (Å²) >= 11 is 0. The van der Waals surface area contributed by atoms with Crippen molar-refractivity contribution in [2.24, 2.45) is 0 Å². The van der Waals surface area contributed by atoms with Crippen molar-refractivity contribution in [2.75, 3.05) is 19.7 Å². The van der Waals surface area contributed by atoms with Crippen molar-refractivity contribution in [3.8, 4) is 0 Å². The molecule has 1 aliphatic heterocycles. The van der Waals surface area contributed by atoms with Crippen molar-refractivity contribution in [2.45, 2.75) is 55.1 Å². The number of aliphatic hydroxyl groups excluding tert-OH is 1. The first kappa shape index (κ1) is 18.4. The van der Waals surface area contributed by atoms with Crippen LogP contribution in [0.3, 0.4) is 0 Å². The molecule has 2 saturated carbocycles. The fourth-order valence-corrected chi connectivity index (χ4v) is 6.40. The maximum Gasteiger partial charge on any atom is 0.356 e. The summed E-state index contributed by atoms with van der Waals surface area (Å²) < 4.78 is 26.0. The molecule has 0 aromatic carbocycles. The molecule has 148 valence electrons. The molecule has 0 atom stereocenters. The highest BCUT2D eigenvalue weighted by Crippen LogP contribution is 2.50. The van der Waals surface area contributed by atoms with Crippen LogP contribution in [0, 0.1) is 0 Å². The molecule has 27 heavy (non-hydrogen) atoms. The number of rotatable bonds is 8. The maximum absolute atomic E-state index is 13.1. The molecule has 3 aliphatic rings. The smallest absolute Gasteiger partial charge is 0.356 e. The third kappa shape index (κ3) is 2.94. The summed E-state index contributed by atoms with van der Waals surface area (Å²) in [5.74, 6) is -1.56. The molecule has 2 heterocycles. The lowest BCUT2D eigenvalue weighted by Gasteiger charge is -2.31. The Labute approximate surface area is 156 Å². The molecule has 0 saturated heterocycles. The van der Waals surface area contributed by atoms with Crippen LogP contribution >= 0.6 is 0 Å². The maximum atomic E-state index is 13.1. The minimum atomic E-state index is -3.23. The quantitative estimate of drug-likeness (QED) is 0.635. The average molecular weight is 397 g/mol. The number of hydrogen-bond acceptors (Lipinski definition) is 6. The molecule has 0 unspecified atom stereocenters. The summed E-state index contributed by atoms with van der Waals surface area (Å²) in [6, 6.07) is 0. The number of hydrogen-bond donors (Lipinski definition) is 2. The zero-order valence-electron chi connectivity index (χ0n) is 14.9. The van der Waals surface area contributed by atoms with Gasteiger partial charge in [-0.25, -0.2) is 13.2 Å². The number of aromatic nitrogens is 2. The van der Waals surface area contributed by atoms with Gasteiger partial charge in [0.05, 0.1) is 10.00 Å². The summed E-state index contributed by atoms with van der Waals surface area (Å²) in [6.07, 6.45) is 3.25. The minimum absolute atomic E-state index is 0.0995. The van der Waals surface area contributed by atoms with Gasteiger partial charge >= 0.3 is 5.97 Å². The number of fused-ring (bicyclic) bond motifs is 1. The zero-order valence-corrected chi connectivity index (χ0v) is 15.7. The van der Waals surface area contributed by atoms with E-state index < -0.39 is 20.6 Å². The standard InChI is InChI=1S/C17H23N3O6S/c21-9-1-7-20-14-12(13(18-20)16(23)24)4-8-19(15(14)22)10-17(5-6-17)27(25,26)11-2-3-11/h11,21H,1-10H2,(H,23,24). The van der Waals surface area contributed by atoms with E-state index >= 15 is 0 Å². The molecule has 0 bridgehead atoms. The molecule has 2 fully saturated rings. The Morgan fingerprint density at radius 3 is 2.56 bits per heavy atom. The zero-order chi connectivity index (χ0) is 19.4. The average Bonchev–Trinajstić information content (AvgIpc) is 3.52. The molecular weight excluding hydrogens is 374 g/mol. The molecule has 2 aliphatic carbocycles. The number of carboxylic acid groups (broad SMARTS) is 1. The third-order valence-electron chi connectivity index (χ3n) is 5.76. The Morgan fingerprint density at radius 1 is 1.30 bits per heavy atom. The fourth-order valence-electron chi connectivity index (χ4n) is 3.93. The van der Waals surface area contributed by atoms with Crippen molar-refractivity contribution >= 4 is 21.7 Å². The van der Waals surface area contributed by atoms with Gasteiger partial charge in [0.25, 0.3) is 5.91 Å². The first-order valence-corrected chi connectivity index (χ1v) is 10.8. The van der Waals surface area contributed by atoms with E-state index in [0.717, 1.165) is 0 Å². The molecule has 0 radical (unpaired) electrons. The van der Waals surface area contributed by atoms with E-state index in [1.807, 2.05) is 0 Å². The van der Waals surface area contributed by atoms with E-state index in [-0.39, 0.29) is 42.2 Å². The van der Waals surface area contributed by atoms with Crippen molar-refractivity contribution in [1.29, 1.82) is 0 Å². The van der Waals surface area contributed by atoms with Gasteiger partial charge in [-0.1, -0.05) is 0 Å². The first-order chi connectivity index (χ1) is 12.8. The highest BCUT2D eigenvalue weighted by Gasteiger charge is 2.60. The highest BCUT2D eigenvalue weighted by atomic mass is 32.2. The van der Waals surface area contributed by atoms with Crippen LogP contribution in [0.2, 0.25) is 0 Å². The van der Waals surface area contributed by atoms with Crippen LogP contribution < -0.4 is 0 Å². The number of aromatic carboxylic acids is 1. The van der Waals surface area contributed by atoms with Gasteiger partial charge in [0.15, 0.2) is 15.5 Å². The second-order valence-corrected chi connectivity index (χ2v) is 10.3. The lowest BCUT2D eigenvalue weighted by Crippen LogP contribution is -2.47. The van der Waals surface area contributed by atoms with Crippen LogP contribution in [0.5, 0.6) is 0 Å². The van der Waals surface area contributed by atoms with Crippen LogP contribution in [0.4, 0.5) is 0 Å². The van der Waals surface area contributed by atoms with Gasteiger partial charge in [-0.15, -0.1) is 0 Å². The lowest BCUT2D eigenvalue weighted by molar-refractivity contribution is 0.0688. The molecule has 1 amide bonds. The number of sulfone groups is 1. The summed E-state index contributed by atoms with van der Waals surface area (Å²) in [4.78, 5) is 26.1. The van der Waals surface area contributed by atoms with Gasteiger partial charge < -0.3 is 15.1 Å². The SMILES string of the molecule is O=C(O)c1nn(CCCO)c2c1CCN(CC1(S(=O)(=O)C3CC3)CC1)C2=O. The number of carbonyl (C=O) groups excluding carboxylic acids is 1. The first-order valence-electron chi connectivity index (χ1n) is 9.27. The van der Waals surface area contributed by atoms with Gasteiger partial charge in [-0.2, -0.15) is 5.10 Å². The molecular formula is C17H23N3O6S. The van der Waals surface area contributed by atoms with E-state index in [1.54, 1.807) is 0 Å². The molecule has 1 aromatic heterocycles. The topological polar surface area (TPSA) is 130 Å². The molecule has 10 heteroatoms. The van der Waals surface area contributed by atoms with E-state index in [2.05, 4.69) is 5.10 Å². The summed E-state index contributed by atoms with van der Waals surface area (Å²) in [7, 11) is -3.23. The van der Waals surface area contributed by atoms with Gasteiger partial charge in [0, 0.05) is 31.8 Å². The van der Waals surface area contributed by atoms with E-state index in [1.165, 1.54) is 9.58 Å². The Balaban J connectivity index is 1.62. The van der Waals surface area contributed by atoms with Crippen molar-refractivity contribution < 1.29 is 28.2 Å². The summed E-state index contributed by atoms with van der Waals surface area (Å²) in [6.45, 7) is 0.590. The molecule has 4 rings (SSSR count). The number of aryl methyl sites for hydroxylation is 1. The summed E-state index contributed by atoms with van der Waals surface area (Å²) in [5.41, 5.74) is 0.478. The van der Waals surface area contributed by atoms with Crippen LogP contribution in [-0.4, -0.2) is 74.9 Å². The van der Waals surface area contributed by atoms with E-state index in [0.29, 0.717) is 50.6 Å². The monoisotopic (exact) mass is 397 g/mol. The predicted molar refractivity (Wildman–Crippen MR) is 94.4 cm³/mol. The molecule has 1 aromatic rings. The van der Waals surface area contributed by atoms with Crippen molar-refractivity contribution in [1.82, 2.24) is 14.7 Å². The van der Waals surface area contributed by atoms with Gasteiger partial charge in [0.2, 0.25) is 0 Å². The largest absolute Gasteiger partial charge is 0.476 e. The Hall–Kier alpha value is -1.94. The number of carbonyl (C=O) groups is 2. The second kappa shape index (κ2) is 6.30. The third-order valence-corrected chi connectivity index (χ3v) is 8.85. The predicted octanol–water partition coefficient (Wildman–Crippen LogP) is 0.0718. The van der Waals surface area contributed by atoms with Crippen LogP contribution in [0.15, 0.2) is 0 Å². The van der Waals surface area contributed by atoms with Crippen LogP contribution in [-0.2, 0) is 22.8 Å². The summed E-state index contributed by atoms with van der Waals surface area (Å²) in [5, 5.41) is 22.2. The van der Waals surface area contributed by atoms with E-state index in [9.17, 15) is 23.1 Å². The Bertz CT molecular complexity index is 898. The van der Waals surface area contributed by atoms with Crippen molar-refractivity contribution in [3.63, 3.8) is 0 Å². The second-order valence-electron chi connectivity index (χ2n) is 7.69. The van der Waals surface area contributed by atoms with Crippen LogP contribution in [0.1, 0.15) is 58.6 Å². The lowest BCUT2D eigenvalue weighted by atomic mass is 10.0. The van der Waals surface area contributed by atoms with Crippen molar-refractivity contribution in [3.05, 3.63) is 17.0 Å². The van der Waals surface area contributed by atoms with Crippen LogP contribution in [0.25, 0.3) is 0 Å². The fraction of sp³-hybridized carbons (Fsp3) is 0.706. The molecule has 2 N–H and O–H groups in total. The number of amides is 1. The highest BCUT2D eigenvalue weighted by molar-refractivity contribution is 7.94. The van der Waals surface area contributed by atoms with Gasteiger partial charge in [0.1, 0.15) is 5.69 Å². The van der Waals surface area contributed by atoms with E-state index in [4.69, 9.17) is 5.11 Å². The number of carboxylic acids is 1. The van der Waals surface area contributed by atoms with Gasteiger partial charge in [-0.3, -0.25) is 9.48 Å². The van der Waals surface area contributed by atoms with Gasteiger partial charge in [-0.05, 0) is 38.5 Å². The molecule has 9 nitrogen and oxygen atoms in total. The minimum Gasteiger partial charge on any atom is -0.476 e. The Kier molecular flexibility index (Phi) is 4.30. The molecule has 0 spiro atoms. The normalized spacial score (nSPS) is 21.2.